The number of alkyl halides is 9. The van der Waals surface area contributed by atoms with E-state index in [0.29, 0.717) is 35.4 Å². The summed E-state index contributed by atoms with van der Waals surface area (Å²) in [4.78, 5) is 41.0. The molecule has 0 saturated carbocycles. The first kappa shape index (κ1) is 40.1. The Hall–Kier alpha value is -7.16. The summed E-state index contributed by atoms with van der Waals surface area (Å²) in [5.74, 6) is -5.31. The Morgan fingerprint density at radius 3 is 1.12 bits per heavy atom. The van der Waals surface area contributed by atoms with Crippen LogP contribution >= 0.6 is 0 Å². The SMILES string of the molecule is O=C(Oc1cccc2c(-c3ccccc3)c3cccc(OC(=O)c4cccc(C(F)(F)F)c4)c3c(OC(=O)c3cccc(C(F)(F)F)c3)c12)c1cccc(C(F)(F)F)c1. The Kier molecular flexibility index (Phi) is 10.4. The second kappa shape index (κ2) is 15.3. The van der Waals surface area contributed by atoms with E-state index in [-0.39, 0.29) is 21.5 Å². The van der Waals surface area contributed by atoms with Gasteiger partial charge in [0.25, 0.3) is 0 Å². The molecule has 0 aromatic heterocycles. The monoisotopic (exact) mass is 818 g/mol. The number of esters is 3. The molecule has 15 heteroatoms. The topological polar surface area (TPSA) is 78.9 Å². The average molecular weight is 819 g/mol. The van der Waals surface area contributed by atoms with Gasteiger partial charge in [0.05, 0.1) is 44.2 Å². The van der Waals surface area contributed by atoms with E-state index in [2.05, 4.69) is 0 Å². The summed E-state index contributed by atoms with van der Waals surface area (Å²) in [7, 11) is 0. The predicted molar refractivity (Wildman–Crippen MR) is 196 cm³/mol. The van der Waals surface area contributed by atoms with Crippen molar-refractivity contribution >= 4 is 39.5 Å². The summed E-state index contributed by atoms with van der Waals surface area (Å²) >= 11 is 0. The quantitative estimate of drug-likeness (QED) is 0.0690. The highest BCUT2D eigenvalue weighted by Crippen LogP contribution is 2.50. The van der Waals surface area contributed by atoms with Gasteiger partial charge in [-0.3, -0.25) is 0 Å². The summed E-state index contributed by atoms with van der Waals surface area (Å²) in [5, 5.41) is -0.0679. The summed E-state index contributed by atoms with van der Waals surface area (Å²) in [5.41, 5.74) is -4.35. The third-order valence-corrected chi connectivity index (χ3v) is 8.98. The third-order valence-electron chi connectivity index (χ3n) is 8.98. The van der Waals surface area contributed by atoms with E-state index in [9.17, 15) is 53.9 Å². The number of fused-ring (bicyclic) bond motifs is 2. The molecule has 0 unspecified atom stereocenters. The molecule has 0 heterocycles. The standard InChI is InChI=1S/C44H23F9O6/c45-42(46,47)28-14-4-11-25(21-28)39(54)57-33-19-7-17-31-35(24-9-2-1-3-10-24)32-18-8-20-34(58-40(55)26-12-5-15-29(22-26)43(48,49)50)37(32)38(36(31)33)59-41(56)27-13-6-16-30(23-27)44(51,52)53/h1-23H. The zero-order valence-electron chi connectivity index (χ0n) is 29.6. The molecule has 0 N–H and O–H groups in total. The number of carbonyl (C=O) groups excluding carboxylic acids is 3. The Balaban J connectivity index is 1.50. The van der Waals surface area contributed by atoms with Gasteiger partial charge in [0.2, 0.25) is 0 Å². The minimum Gasteiger partial charge on any atom is -0.422 e. The van der Waals surface area contributed by atoms with E-state index >= 15 is 0 Å². The van der Waals surface area contributed by atoms with Crippen LogP contribution in [0.25, 0.3) is 32.7 Å². The minimum atomic E-state index is -4.87. The molecule has 6 nitrogen and oxygen atoms in total. The van der Waals surface area contributed by atoms with Crippen LogP contribution in [0.4, 0.5) is 39.5 Å². The minimum absolute atomic E-state index is 0.186. The second-order valence-corrected chi connectivity index (χ2v) is 12.8. The Morgan fingerprint density at radius 2 is 0.746 bits per heavy atom. The van der Waals surface area contributed by atoms with Gasteiger partial charge in [-0.2, -0.15) is 39.5 Å². The summed E-state index contributed by atoms with van der Waals surface area (Å²) in [6, 6.07) is 26.6. The molecule has 0 fully saturated rings. The third kappa shape index (κ3) is 8.30. The van der Waals surface area contributed by atoms with Crippen molar-refractivity contribution in [1.29, 1.82) is 0 Å². The van der Waals surface area contributed by atoms with Crippen molar-refractivity contribution in [2.24, 2.45) is 0 Å². The Morgan fingerprint density at radius 1 is 0.390 bits per heavy atom. The molecule has 0 bridgehead atoms. The van der Waals surface area contributed by atoms with Crippen LogP contribution in [0.3, 0.4) is 0 Å². The lowest BCUT2D eigenvalue weighted by Crippen LogP contribution is -2.14. The van der Waals surface area contributed by atoms with Crippen molar-refractivity contribution in [2.75, 3.05) is 0 Å². The van der Waals surface area contributed by atoms with Gasteiger partial charge in [0.15, 0.2) is 5.75 Å². The van der Waals surface area contributed by atoms with Crippen LogP contribution in [0.5, 0.6) is 17.2 Å². The molecule has 0 spiro atoms. The van der Waals surface area contributed by atoms with Crippen LogP contribution in [-0.2, 0) is 18.5 Å². The van der Waals surface area contributed by atoms with Crippen LogP contribution in [0.2, 0.25) is 0 Å². The van der Waals surface area contributed by atoms with Crippen molar-refractivity contribution < 1.29 is 68.1 Å². The maximum atomic E-state index is 13.9. The molecule has 0 atom stereocenters. The second-order valence-electron chi connectivity index (χ2n) is 12.8. The molecule has 0 aliphatic rings. The van der Waals surface area contributed by atoms with E-state index < -0.39 is 87.1 Å². The predicted octanol–water partition coefficient (Wildman–Crippen LogP) is 12.4. The molecule has 0 saturated heterocycles. The zero-order valence-corrected chi connectivity index (χ0v) is 29.6. The van der Waals surface area contributed by atoms with Crippen molar-refractivity contribution in [3.63, 3.8) is 0 Å². The maximum Gasteiger partial charge on any atom is 0.416 e. The van der Waals surface area contributed by atoms with Gasteiger partial charge >= 0.3 is 36.4 Å². The highest BCUT2D eigenvalue weighted by Gasteiger charge is 2.34. The molecule has 7 aromatic carbocycles. The van der Waals surface area contributed by atoms with Crippen molar-refractivity contribution in [3.05, 3.63) is 173 Å². The molecule has 0 radical (unpaired) electrons. The number of benzene rings is 7. The lowest BCUT2D eigenvalue weighted by molar-refractivity contribution is -0.138. The van der Waals surface area contributed by atoms with E-state index in [1.165, 1.54) is 36.4 Å². The summed E-state index contributed by atoms with van der Waals surface area (Å²) < 4.78 is 140. The van der Waals surface area contributed by atoms with Crippen LogP contribution in [0, 0.1) is 0 Å². The van der Waals surface area contributed by atoms with Gasteiger partial charge in [0.1, 0.15) is 11.5 Å². The molecule has 0 amide bonds. The number of hydrogen-bond acceptors (Lipinski definition) is 6. The smallest absolute Gasteiger partial charge is 0.416 e. The molecule has 7 rings (SSSR count). The van der Waals surface area contributed by atoms with Gasteiger partial charge in [-0.15, -0.1) is 0 Å². The Labute approximate surface area is 327 Å². The molecule has 0 aliphatic heterocycles. The first-order chi connectivity index (χ1) is 27.9. The van der Waals surface area contributed by atoms with Crippen molar-refractivity contribution in [2.45, 2.75) is 18.5 Å². The highest BCUT2D eigenvalue weighted by molar-refractivity contribution is 6.21. The fraction of sp³-hybridized carbons (Fsp3) is 0.0682. The summed E-state index contributed by atoms with van der Waals surface area (Å²) in [6.07, 6.45) is -14.5. The van der Waals surface area contributed by atoms with Gasteiger partial charge in [-0.05, 0) is 88.6 Å². The van der Waals surface area contributed by atoms with E-state index in [1.54, 1.807) is 30.3 Å². The normalized spacial score (nSPS) is 12.0. The largest absolute Gasteiger partial charge is 0.422 e. The van der Waals surface area contributed by atoms with Crippen molar-refractivity contribution in [1.82, 2.24) is 0 Å². The summed E-state index contributed by atoms with van der Waals surface area (Å²) in [6.45, 7) is 0. The van der Waals surface area contributed by atoms with Gasteiger partial charge < -0.3 is 14.2 Å². The van der Waals surface area contributed by atoms with Gasteiger partial charge in [0, 0.05) is 0 Å². The average Bonchev–Trinajstić information content (AvgIpc) is 3.20. The van der Waals surface area contributed by atoms with Crippen LogP contribution in [0.1, 0.15) is 47.8 Å². The number of halogens is 9. The van der Waals surface area contributed by atoms with Crippen LogP contribution in [-0.4, -0.2) is 17.9 Å². The molecule has 59 heavy (non-hydrogen) atoms. The zero-order chi connectivity index (χ0) is 42.3. The lowest BCUT2D eigenvalue weighted by atomic mass is 9.90. The van der Waals surface area contributed by atoms with Crippen molar-refractivity contribution in [3.8, 4) is 28.4 Å². The van der Waals surface area contributed by atoms with E-state index in [0.717, 1.165) is 48.5 Å². The first-order valence-corrected chi connectivity index (χ1v) is 17.2. The molecule has 298 valence electrons. The first-order valence-electron chi connectivity index (χ1n) is 17.2. The number of carbonyl (C=O) groups is 3. The van der Waals surface area contributed by atoms with Crippen LogP contribution in [0.15, 0.2) is 140 Å². The van der Waals surface area contributed by atoms with Gasteiger partial charge in [-0.1, -0.05) is 72.8 Å². The molecular formula is C44H23F9O6. The van der Waals surface area contributed by atoms with E-state index in [4.69, 9.17) is 14.2 Å². The maximum absolute atomic E-state index is 13.9. The number of hydrogen-bond donors (Lipinski definition) is 0. The number of ether oxygens (including phenoxy) is 3. The van der Waals surface area contributed by atoms with E-state index in [1.807, 2.05) is 0 Å². The molecule has 0 aliphatic carbocycles. The lowest BCUT2D eigenvalue weighted by Gasteiger charge is -2.21. The van der Waals surface area contributed by atoms with Gasteiger partial charge in [-0.25, -0.2) is 14.4 Å². The fourth-order valence-corrected chi connectivity index (χ4v) is 6.34. The number of rotatable bonds is 7. The molecular weight excluding hydrogens is 795 g/mol. The van der Waals surface area contributed by atoms with Crippen LogP contribution < -0.4 is 14.2 Å². The molecule has 7 aromatic rings. The Bertz CT molecular complexity index is 2640. The fourth-order valence-electron chi connectivity index (χ4n) is 6.34. The highest BCUT2D eigenvalue weighted by atomic mass is 19.4.